The van der Waals surface area contributed by atoms with Crippen LogP contribution in [-0.2, 0) is 6.54 Å². The largest absolute Gasteiger partial charge is 0.271 e. The van der Waals surface area contributed by atoms with Crippen molar-refractivity contribution >= 4 is 11.6 Å². The van der Waals surface area contributed by atoms with Crippen molar-refractivity contribution in [3.05, 3.63) is 18.0 Å². The number of halogens is 1. The van der Waals surface area contributed by atoms with Crippen molar-refractivity contribution in [2.75, 3.05) is 5.88 Å². The van der Waals surface area contributed by atoms with Crippen LogP contribution in [0.25, 0.3) is 0 Å². The van der Waals surface area contributed by atoms with E-state index in [1.54, 1.807) is 17.1 Å². The molecule has 1 aromatic rings. The molecule has 0 N–H and O–H groups in total. The molecule has 11 heavy (non-hydrogen) atoms. The Morgan fingerprint density at radius 3 is 3.09 bits per heavy atom. The Hall–Kier alpha value is -1.01. The minimum absolute atomic E-state index is 0.597. The fourth-order valence-electron chi connectivity index (χ4n) is 0.765. The molecule has 0 fully saturated rings. The van der Waals surface area contributed by atoms with Gasteiger partial charge in [0.2, 0.25) is 0 Å². The SMILES string of the molecule is N#Cc1cnn(CCCCl)c1. The lowest BCUT2D eigenvalue weighted by Gasteiger charge is -1.95. The lowest BCUT2D eigenvalue weighted by molar-refractivity contribution is 0.605. The topological polar surface area (TPSA) is 41.6 Å². The van der Waals surface area contributed by atoms with Crippen LogP contribution in [0.2, 0.25) is 0 Å². The third-order valence-electron chi connectivity index (χ3n) is 1.28. The molecule has 0 unspecified atom stereocenters. The zero-order valence-corrected chi connectivity index (χ0v) is 6.75. The molecular formula is C7H8ClN3. The average molecular weight is 170 g/mol. The van der Waals surface area contributed by atoms with Gasteiger partial charge in [-0.05, 0) is 6.42 Å². The Morgan fingerprint density at radius 2 is 2.55 bits per heavy atom. The number of hydrogen-bond donors (Lipinski definition) is 0. The molecule has 0 radical (unpaired) electrons. The van der Waals surface area contributed by atoms with Crippen LogP contribution in [0.4, 0.5) is 0 Å². The fourth-order valence-corrected chi connectivity index (χ4v) is 0.885. The Balaban J connectivity index is 2.53. The highest BCUT2D eigenvalue weighted by molar-refractivity contribution is 6.17. The first-order valence-corrected chi connectivity index (χ1v) is 3.89. The summed E-state index contributed by atoms with van der Waals surface area (Å²) in [6.45, 7) is 0.783. The lowest BCUT2D eigenvalue weighted by Crippen LogP contribution is -1.97. The normalized spacial score (nSPS) is 9.45. The molecule has 0 aliphatic rings. The van der Waals surface area contributed by atoms with E-state index < -0.39 is 0 Å². The number of nitriles is 1. The molecule has 0 aliphatic heterocycles. The number of aromatic nitrogens is 2. The van der Waals surface area contributed by atoms with E-state index in [0.717, 1.165) is 13.0 Å². The van der Waals surface area contributed by atoms with E-state index in [1.807, 2.05) is 6.07 Å². The summed E-state index contributed by atoms with van der Waals surface area (Å²) in [5.41, 5.74) is 0.597. The minimum Gasteiger partial charge on any atom is -0.271 e. The summed E-state index contributed by atoms with van der Waals surface area (Å²) in [6.07, 6.45) is 4.15. The quantitative estimate of drug-likeness (QED) is 0.642. The van der Waals surface area contributed by atoms with Crippen molar-refractivity contribution in [1.29, 1.82) is 5.26 Å². The van der Waals surface area contributed by atoms with Crippen molar-refractivity contribution in [1.82, 2.24) is 9.78 Å². The predicted octanol–water partition coefficient (Wildman–Crippen LogP) is 1.38. The summed E-state index contributed by atoms with van der Waals surface area (Å²) in [5, 5.41) is 12.4. The Bertz CT molecular complexity index is 261. The molecule has 0 aromatic carbocycles. The third-order valence-corrected chi connectivity index (χ3v) is 1.55. The van der Waals surface area contributed by atoms with Gasteiger partial charge in [-0.3, -0.25) is 4.68 Å². The van der Waals surface area contributed by atoms with Crippen molar-refractivity contribution in [2.45, 2.75) is 13.0 Å². The van der Waals surface area contributed by atoms with E-state index in [-0.39, 0.29) is 0 Å². The van der Waals surface area contributed by atoms with Crippen LogP contribution >= 0.6 is 11.6 Å². The molecule has 0 saturated heterocycles. The number of hydrogen-bond acceptors (Lipinski definition) is 2. The Kier molecular flexibility index (Phi) is 2.94. The van der Waals surface area contributed by atoms with Crippen LogP contribution in [0.3, 0.4) is 0 Å². The highest BCUT2D eigenvalue weighted by atomic mass is 35.5. The molecule has 0 aliphatic carbocycles. The van der Waals surface area contributed by atoms with Crippen LogP contribution in [0.1, 0.15) is 12.0 Å². The van der Waals surface area contributed by atoms with Gasteiger partial charge in [0.15, 0.2) is 0 Å². The van der Waals surface area contributed by atoms with Crippen LogP contribution < -0.4 is 0 Å². The van der Waals surface area contributed by atoms with E-state index >= 15 is 0 Å². The first-order chi connectivity index (χ1) is 5.36. The summed E-state index contributed by atoms with van der Waals surface area (Å²) >= 11 is 5.49. The Morgan fingerprint density at radius 1 is 1.73 bits per heavy atom. The minimum atomic E-state index is 0.597. The Labute approximate surface area is 70.2 Å². The molecule has 1 rings (SSSR count). The van der Waals surface area contributed by atoms with Crippen molar-refractivity contribution in [2.24, 2.45) is 0 Å². The van der Waals surface area contributed by atoms with Gasteiger partial charge < -0.3 is 0 Å². The van der Waals surface area contributed by atoms with E-state index in [4.69, 9.17) is 16.9 Å². The highest BCUT2D eigenvalue weighted by Crippen LogP contribution is 1.96. The van der Waals surface area contributed by atoms with Gasteiger partial charge >= 0.3 is 0 Å². The van der Waals surface area contributed by atoms with Crippen LogP contribution in [0.15, 0.2) is 12.4 Å². The van der Waals surface area contributed by atoms with Gasteiger partial charge in [-0.2, -0.15) is 10.4 Å². The van der Waals surface area contributed by atoms with Gasteiger partial charge in [0.1, 0.15) is 6.07 Å². The fraction of sp³-hybridized carbons (Fsp3) is 0.429. The molecule has 0 spiro atoms. The maximum Gasteiger partial charge on any atom is 0.102 e. The van der Waals surface area contributed by atoms with E-state index in [2.05, 4.69) is 5.10 Å². The molecule has 4 heteroatoms. The van der Waals surface area contributed by atoms with Gasteiger partial charge in [0.05, 0.1) is 11.8 Å². The summed E-state index contributed by atoms with van der Waals surface area (Å²) in [7, 11) is 0. The molecule has 3 nitrogen and oxygen atoms in total. The first kappa shape index (κ1) is 8.09. The zero-order valence-electron chi connectivity index (χ0n) is 6.00. The van der Waals surface area contributed by atoms with Gasteiger partial charge in [0, 0.05) is 18.6 Å². The molecule has 0 atom stereocenters. The first-order valence-electron chi connectivity index (χ1n) is 3.35. The van der Waals surface area contributed by atoms with Crippen molar-refractivity contribution < 1.29 is 0 Å². The van der Waals surface area contributed by atoms with Crippen molar-refractivity contribution in [3.63, 3.8) is 0 Å². The smallest absolute Gasteiger partial charge is 0.102 e. The number of alkyl halides is 1. The van der Waals surface area contributed by atoms with Crippen LogP contribution in [0, 0.1) is 11.3 Å². The zero-order chi connectivity index (χ0) is 8.10. The van der Waals surface area contributed by atoms with Crippen molar-refractivity contribution in [3.8, 4) is 6.07 Å². The molecule has 0 amide bonds. The third kappa shape index (κ3) is 2.24. The second-order valence-corrected chi connectivity index (χ2v) is 2.52. The van der Waals surface area contributed by atoms with E-state index in [9.17, 15) is 0 Å². The molecule has 0 saturated carbocycles. The molecular weight excluding hydrogens is 162 g/mol. The number of aryl methyl sites for hydroxylation is 1. The number of rotatable bonds is 3. The number of nitrogens with zero attached hydrogens (tertiary/aromatic N) is 3. The summed E-state index contributed by atoms with van der Waals surface area (Å²) in [4.78, 5) is 0. The monoisotopic (exact) mass is 169 g/mol. The van der Waals surface area contributed by atoms with E-state index in [0.29, 0.717) is 11.4 Å². The van der Waals surface area contributed by atoms with Gasteiger partial charge in [-0.15, -0.1) is 11.6 Å². The maximum atomic E-state index is 8.45. The van der Waals surface area contributed by atoms with Gasteiger partial charge in [0.25, 0.3) is 0 Å². The van der Waals surface area contributed by atoms with Gasteiger partial charge in [-0.25, -0.2) is 0 Å². The molecule has 58 valence electrons. The summed E-state index contributed by atoms with van der Waals surface area (Å²) in [5.74, 6) is 0.627. The molecule has 1 aromatic heterocycles. The summed E-state index contributed by atoms with van der Waals surface area (Å²) in [6, 6.07) is 2.01. The average Bonchev–Trinajstić information content (AvgIpc) is 2.48. The molecule has 1 heterocycles. The second-order valence-electron chi connectivity index (χ2n) is 2.15. The predicted molar refractivity (Wildman–Crippen MR) is 42.3 cm³/mol. The highest BCUT2D eigenvalue weighted by Gasteiger charge is 1.94. The van der Waals surface area contributed by atoms with Crippen LogP contribution in [-0.4, -0.2) is 15.7 Å². The lowest BCUT2D eigenvalue weighted by atomic mass is 10.4. The van der Waals surface area contributed by atoms with Crippen LogP contribution in [0.5, 0.6) is 0 Å². The summed E-state index contributed by atoms with van der Waals surface area (Å²) < 4.78 is 1.72. The maximum absolute atomic E-state index is 8.45. The van der Waals surface area contributed by atoms with E-state index in [1.165, 1.54) is 0 Å². The van der Waals surface area contributed by atoms with Gasteiger partial charge in [-0.1, -0.05) is 0 Å². The molecule has 0 bridgehead atoms. The standard InChI is InChI=1S/C7H8ClN3/c8-2-1-3-11-6-7(4-9)5-10-11/h5-6H,1-3H2. The second kappa shape index (κ2) is 3.99.